The SMILES string of the molecule is CC(=O)/C=N\Nc1ccc(Br)cc1[N+](=O)[O-]. The highest BCUT2D eigenvalue weighted by molar-refractivity contribution is 9.10. The van der Waals surface area contributed by atoms with Crippen molar-refractivity contribution in [1.82, 2.24) is 0 Å². The number of Topliss-reactive ketones (excluding diaryl/α,β-unsaturated/α-hetero) is 1. The van der Waals surface area contributed by atoms with Crippen LogP contribution < -0.4 is 5.43 Å². The summed E-state index contributed by atoms with van der Waals surface area (Å²) >= 11 is 3.13. The molecule has 0 spiro atoms. The Bertz CT molecular complexity index is 459. The number of benzene rings is 1. The zero-order valence-electron chi connectivity index (χ0n) is 8.31. The predicted molar refractivity (Wildman–Crippen MR) is 63.6 cm³/mol. The maximum atomic E-state index is 10.7. The molecule has 1 aromatic rings. The minimum absolute atomic E-state index is 0.116. The molecule has 0 heterocycles. The number of hydrogen-bond acceptors (Lipinski definition) is 5. The average Bonchev–Trinajstić information content (AvgIpc) is 2.19. The second kappa shape index (κ2) is 5.36. The molecule has 1 aromatic carbocycles. The van der Waals surface area contributed by atoms with Gasteiger partial charge in [-0.1, -0.05) is 15.9 Å². The molecule has 6 nitrogen and oxygen atoms in total. The summed E-state index contributed by atoms with van der Waals surface area (Å²) in [5.74, 6) is -0.243. The summed E-state index contributed by atoms with van der Waals surface area (Å²) in [4.78, 5) is 20.7. The third kappa shape index (κ3) is 3.43. The van der Waals surface area contributed by atoms with Gasteiger partial charge in [-0.15, -0.1) is 0 Å². The number of nitro benzene ring substituents is 1. The number of carbonyl (C=O) groups excluding carboxylic acids is 1. The summed E-state index contributed by atoms with van der Waals surface area (Å²) in [5.41, 5.74) is 2.55. The lowest BCUT2D eigenvalue weighted by Gasteiger charge is -2.01. The number of hydrogen-bond donors (Lipinski definition) is 1. The summed E-state index contributed by atoms with van der Waals surface area (Å²) in [6.07, 6.45) is 1.05. The van der Waals surface area contributed by atoms with Crippen molar-refractivity contribution in [3.8, 4) is 0 Å². The highest BCUT2D eigenvalue weighted by Gasteiger charge is 2.13. The van der Waals surface area contributed by atoms with Gasteiger partial charge in [0.05, 0.1) is 11.1 Å². The van der Waals surface area contributed by atoms with Gasteiger partial charge >= 0.3 is 0 Å². The van der Waals surface area contributed by atoms with Crippen LogP contribution in [0.5, 0.6) is 0 Å². The Labute approximate surface area is 99.6 Å². The number of nitrogens with zero attached hydrogens (tertiary/aromatic N) is 2. The molecule has 7 heteroatoms. The lowest BCUT2D eigenvalue weighted by Crippen LogP contribution is -1.99. The second-order valence-corrected chi connectivity index (χ2v) is 3.81. The predicted octanol–water partition coefficient (Wildman–Crippen LogP) is 2.34. The van der Waals surface area contributed by atoms with Gasteiger partial charge in [0.2, 0.25) is 0 Å². The highest BCUT2D eigenvalue weighted by atomic mass is 79.9. The molecule has 0 aliphatic heterocycles. The zero-order valence-corrected chi connectivity index (χ0v) is 9.89. The maximum Gasteiger partial charge on any atom is 0.295 e. The lowest BCUT2D eigenvalue weighted by molar-refractivity contribution is -0.384. The molecule has 0 aliphatic rings. The van der Waals surface area contributed by atoms with Gasteiger partial charge in [0, 0.05) is 17.5 Å². The van der Waals surface area contributed by atoms with Crippen LogP contribution in [-0.2, 0) is 4.79 Å². The van der Waals surface area contributed by atoms with Gasteiger partial charge in [0.25, 0.3) is 5.69 Å². The lowest BCUT2D eigenvalue weighted by atomic mass is 10.3. The van der Waals surface area contributed by atoms with E-state index in [4.69, 9.17) is 0 Å². The molecule has 1 N–H and O–H groups in total. The van der Waals surface area contributed by atoms with Crippen LogP contribution in [0.4, 0.5) is 11.4 Å². The van der Waals surface area contributed by atoms with E-state index in [2.05, 4.69) is 26.5 Å². The van der Waals surface area contributed by atoms with Gasteiger partial charge in [-0.3, -0.25) is 20.3 Å². The molecule has 0 fully saturated rings. The van der Waals surface area contributed by atoms with Crippen LogP contribution in [0.25, 0.3) is 0 Å². The van der Waals surface area contributed by atoms with Gasteiger partial charge in [0.15, 0.2) is 5.78 Å². The van der Waals surface area contributed by atoms with E-state index in [1.54, 1.807) is 6.07 Å². The Morgan fingerprint density at radius 1 is 1.62 bits per heavy atom. The molecule has 0 saturated heterocycles. The van der Waals surface area contributed by atoms with Crippen molar-refractivity contribution in [2.24, 2.45) is 5.10 Å². The van der Waals surface area contributed by atoms with Crippen LogP contribution in [0.15, 0.2) is 27.8 Å². The van der Waals surface area contributed by atoms with Crippen molar-refractivity contribution in [3.63, 3.8) is 0 Å². The largest absolute Gasteiger partial charge is 0.295 e. The van der Waals surface area contributed by atoms with Crippen LogP contribution in [0, 0.1) is 10.1 Å². The third-order valence-electron chi connectivity index (χ3n) is 1.59. The fourth-order valence-electron chi connectivity index (χ4n) is 0.943. The first-order valence-corrected chi connectivity index (χ1v) is 5.03. The van der Waals surface area contributed by atoms with Crippen molar-refractivity contribution in [2.45, 2.75) is 6.92 Å². The van der Waals surface area contributed by atoms with Crippen LogP contribution in [0.3, 0.4) is 0 Å². The Morgan fingerprint density at radius 2 is 2.31 bits per heavy atom. The Hall–Kier alpha value is -1.76. The van der Waals surface area contributed by atoms with Crippen molar-refractivity contribution in [3.05, 3.63) is 32.8 Å². The van der Waals surface area contributed by atoms with Crippen molar-refractivity contribution >= 4 is 39.3 Å². The molecule has 0 unspecified atom stereocenters. The van der Waals surface area contributed by atoms with E-state index in [1.165, 1.54) is 19.1 Å². The van der Waals surface area contributed by atoms with Crippen molar-refractivity contribution in [1.29, 1.82) is 0 Å². The molecule has 0 amide bonds. The first-order valence-electron chi connectivity index (χ1n) is 4.24. The number of carbonyl (C=O) groups is 1. The van der Waals surface area contributed by atoms with E-state index in [0.29, 0.717) is 4.47 Å². The number of rotatable bonds is 4. The second-order valence-electron chi connectivity index (χ2n) is 2.90. The molecular formula is C9H8BrN3O3. The normalized spacial score (nSPS) is 10.4. The molecule has 16 heavy (non-hydrogen) atoms. The number of nitro groups is 1. The fourth-order valence-corrected chi connectivity index (χ4v) is 1.29. The molecule has 84 valence electrons. The fraction of sp³-hybridized carbons (Fsp3) is 0.111. The summed E-state index contributed by atoms with van der Waals surface area (Å²) in [7, 11) is 0. The molecule has 0 atom stereocenters. The Morgan fingerprint density at radius 3 is 2.88 bits per heavy atom. The van der Waals surface area contributed by atoms with E-state index in [-0.39, 0.29) is 17.2 Å². The van der Waals surface area contributed by atoms with Gasteiger partial charge in [-0.2, -0.15) is 5.10 Å². The minimum Gasteiger partial charge on any atom is -0.293 e. The number of nitrogens with one attached hydrogen (secondary N) is 1. The number of hydrazone groups is 1. The summed E-state index contributed by atoms with van der Waals surface area (Å²) in [6.45, 7) is 1.33. The van der Waals surface area contributed by atoms with Crippen LogP contribution >= 0.6 is 15.9 Å². The number of halogens is 1. The van der Waals surface area contributed by atoms with E-state index >= 15 is 0 Å². The van der Waals surface area contributed by atoms with Gasteiger partial charge in [0.1, 0.15) is 5.69 Å². The van der Waals surface area contributed by atoms with Crippen molar-refractivity contribution in [2.75, 3.05) is 5.43 Å². The minimum atomic E-state index is -0.531. The van der Waals surface area contributed by atoms with E-state index in [9.17, 15) is 14.9 Å². The van der Waals surface area contributed by atoms with E-state index in [1.807, 2.05) is 0 Å². The molecule has 0 bridgehead atoms. The molecule has 0 aromatic heterocycles. The number of ketones is 1. The highest BCUT2D eigenvalue weighted by Crippen LogP contribution is 2.27. The summed E-state index contributed by atoms with van der Waals surface area (Å²) < 4.78 is 0.597. The number of anilines is 1. The Balaban J connectivity index is 2.95. The first kappa shape index (κ1) is 12.3. The standard InChI is InChI=1S/C9H8BrN3O3/c1-6(14)5-11-12-8-3-2-7(10)4-9(8)13(15)16/h2-5,12H,1H3/b11-5-. The Kier molecular flexibility index (Phi) is 4.12. The van der Waals surface area contributed by atoms with Crippen LogP contribution in [0.1, 0.15) is 6.92 Å². The monoisotopic (exact) mass is 285 g/mol. The summed E-state index contributed by atoms with van der Waals surface area (Å²) in [5, 5.41) is 14.3. The molecule has 0 saturated carbocycles. The summed E-state index contributed by atoms with van der Waals surface area (Å²) in [6, 6.07) is 4.49. The third-order valence-corrected chi connectivity index (χ3v) is 2.08. The van der Waals surface area contributed by atoms with E-state index in [0.717, 1.165) is 6.21 Å². The molecule has 1 rings (SSSR count). The zero-order chi connectivity index (χ0) is 12.1. The van der Waals surface area contributed by atoms with Gasteiger partial charge in [-0.25, -0.2) is 0 Å². The average molecular weight is 286 g/mol. The first-order chi connectivity index (χ1) is 7.50. The maximum absolute atomic E-state index is 10.7. The van der Waals surface area contributed by atoms with Gasteiger partial charge < -0.3 is 0 Å². The molecular weight excluding hydrogens is 278 g/mol. The van der Waals surface area contributed by atoms with E-state index < -0.39 is 4.92 Å². The van der Waals surface area contributed by atoms with Crippen LogP contribution in [0.2, 0.25) is 0 Å². The smallest absolute Gasteiger partial charge is 0.293 e. The molecule has 0 aliphatic carbocycles. The van der Waals surface area contributed by atoms with Crippen molar-refractivity contribution < 1.29 is 9.72 Å². The van der Waals surface area contributed by atoms with Gasteiger partial charge in [-0.05, 0) is 12.1 Å². The topological polar surface area (TPSA) is 84.6 Å². The molecule has 0 radical (unpaired) electrons. The quantitative estimate of drug-likeness (QED) is 0.523. The van der Waals surface area contributed by atoms with Crippen LogP contribution in [-0.4, -0.2) is 16.9 Å².